The van der Waals surface area contributed by atoms with Crippen molar-refractivity contribution >= 4 is 37.9 Å². The maximum atomic E-state index is 2.47. The van der Waals surface area contributed by atoms with Crippen LogP contribution in [0.5, 0.6) is 0 Å². The summed E-state index contributed by atoms with van der Waals surface area (Å²) in [6, 6.07) is 58.9. The normalized spacial score (nSPS) is 11.2. The van der Waals surface area contributed by atoms with E-state index in [1.807, 2.05) is 0 Å². The van der Waals surface area contributed by atoms with Crippen LogP contribution < -0.4 is 21.9 Å². The van der Waals surface area contributed by atoms with Crippen LogP contribution in [-0.4, -0.2) is 6.15 Å². The van der Waals surface area contributed by atoms with E-state index in [0.29, 0.717) is 0 Å². The first kappa shape index (κ1) is 34.9. The lowest BCUT2D eigenvalue weighted by Crippen LogP contribution is -2.75. The molecule has 7 rings (SSSR count). The van der Waals surface area contributed by atoms with E-state index in [0.717, 1.165) is 0 Å². The van der Waals surface area contributed by atoms with Gasteiger partial charge in [-0.05, 0) is 118 Å². The first-order valence-electron chi connectivity index (χ1n) is 17.5. The first-order valence-corrected chi connectivity index (χ1v) is 17.5. The van der Waals surface area contributed by atoms with Gasteiger partial charge in [-0.2, -0.15) is 21.9 Å². The van der Waals surface area contributed by atoms with Crippen molar-refractivity contribution in [3.05, 3.63) is 191 Å². The fourth-order valence-electron chi connectivity index (χ4n) is 8.20. The van der Waals surface area contributed by atoms with Crippen molar-refractivity contribution in [3.8, 4) is 33.4 Å². The smallest absolute Gasteiger partial charge is 0.108 e. The molecule has 0 amide bonds. The first-order chi connectivity index (χ1) is 23.8. The lowest BCUT2D eigenvalue weighted by Gasteiger charge is -2.46. The number of hydrogen-bond acceptors (Lipinski definition) is 0. The number of rotatable bonds is 7. The van der Waals surface area contributed by atoms with Crippen LogP contribution in [0.2, 0.25) is 0 Å². The van der Waals surface area contributed by atoms with E-state index in [9.17, 15) is 0 Å². The molecule has 0 nitrogen and oxygen atoms in total. The highest BCUT2D eigenvalue weighted by molar-refractivity contribution is 7.20. The van der Waals surface area contributed by atoms with Gasteiger partial charge in [-0.3, -0.25) is 0 Å². The van der Waals surface area contributed by atoms with Gasteiger partial charge in [-0.1, -0.05) is 158 Å². The fraction of sp³-hybridized carbons (Fsp3) is 0.125. The molecule has 248 valence electrons. The highest BCUT2D eigenvalue weighted by Gasteiger charge is 2.35. The maximum absolute atomic E-state index is 2.47. The standard InChI is InChI=1S/C48H44B.H3P/c1-33-19-16-28-42(36(33)4)45-31-32-46(48(44-30-18-21-35(3)38(44)6)47(45)43-29-17-20-34(2)37(43)5)49(39-22-10-7-11-23-39,40-24-12-8-13-25-40)41-26-14-9-15-27-41;/h7-32H,1-6H3;1H3/q-1;/p+1. The molecule has 0 saturated heterocycles. The lowest BCUT2D eigenvalue weighted by atomic mass is 9.12. The van der Waals surface area contributed by atoms with Crippen LogP contribution in [0.15, 0.2) is 158 Å². The summed E-state index contributed by atoms with van der Waals surface area (Å²) in [6.07, 6.45) is -1.65. The molecule has 0 saturated carbocycles. The molecule has 0 radical (unpaired) electrons. The van der Waals surface area contributed by atoms with Crippen molar-refractivity contribution in [1.82, 2.24) is 0 Å². The van der Waals surface area contributed by atoms with Crippen molar-refractivity contribution < 1.29 is 0 Å². The quantitative estimate of drug-likeness (QED) is 0.117. The minimum absolute atomic E-state index is 0. The van der Waals surface area contributed by atoms with Crippen LogP contribution in [-0.2, 0) is 0 Å². The zero-order valence-electron chi connectivity index (χ0n) is 30.6. The predicted octanol–water partition coefficient (Wildman–Crippen LogP) is 9.71. The summed E-state index contributed by atoms with van der Waals surface area (Å²) < 4.78 is 0. The van der Waals surface area contributed by atoms with Crippen molar-refractivity contribution in [3.63, 3.8) is 0 Å². The van der Waals surface area contributed by atoms with Gasteiger partial charge in [-0.25, -0.2) is 0 Å². The molecule has 1 unspecified atom stereocenters. The Hall–Kier alpha value is -4.97. The van der Waals surface area contributed by atoms with Gasteiger partial charge in [0.15, 0.2) is 0 Å². The molecule has 2 heteroatoms. The van der Waals surface area contributed by atoms with Gasteiger partial charge in [0.1, 0.15) is 6.15 Å². The van der Waals surface area contributed by atoms with Crippen LogP contribution in [0, 0.1) is 41.5 Å². The van der Waals surface area contributed by atoms with Gasteiger partial charge >= 0.3 is 0 Å². The van der Waals surface area contributed by atoms with E-state index in [1.54, 1.807) is 0 Å². The van der Waals surface area contributed by atoms with Crippen LogP contribution >= 0.6 is 9.90 Å². The summed E-state index contributed by atoms with van der Waals surface area (Å²) in [5.41, 5.74) is 20.8. The summed E-state index contributed by atoms with van der Waals surface area (Å²) in [5, 5.41) is 0. The van der Waals surface area contributed by atoms with Crippen molar-refractivity contribution in [2.75, 3.05) is 0 Å². The molecular formula is C48H48BP. The lowest BCUT2D eigenvalue weighted by molar-refractivity contribution is 1.32. The Morgan fingerprint density at radius 1 is 0.300 bits per heavy atom. The zero-order chi connectivity index (χ0) is 34.1. The van der Waals surface area contributed by atoms with Gasteiger partial charge < -0.3 is 0 Å². The average molecular weight is 667 g/mol. The van der Waals surface area contributed by atoms with Crippen LogP contribution in [0.3, 0.4) is 0 Å². The zero-order valence-corrected chi connectivity index (χ0v) is 32.6. The number of hydrogen-bond donors (Lipinski definition) is 0. The molecule has 7 aromatic rings. The van der Waals surface area contributed by atoms with Crippen molar-refractivity contribution in [2.24, 2.45) is 0 Å². The Morgan fingerprint density at radius 3 is 1.08 bits per heavy atom. The van der Waals surface area contributed by atoms with Crippen LogP contribution in [0.4, 0.5) is 0 Å². The minimum atomic E-state index is -1.65. The molecule has 7 aromatic carbocycles. The van der Waals surface area contributed by atoms with Gasteiger partial charge in [0.25, 0.3) is 0 Å². The van der Waals surface area contributed by atoms with E-state index in [2.05, 4.69) is 199 Å². The highest BCUT2D eigenvalue weighted by atomic mass is 31.0. The molecule has 1 atom stereocenters. The highest BCUT2D eigenvalue weighted by Crippen LogP contribution is 2.44. The van der Waals surface area contributed by atoms with E-state index >= 15 is 0 Å². The van der Waals surface area contributed by atoms with Crippen molar-refractivity contribution in [1.29, 1.82) is 0 Å². The number of benzene rings is 7. The number of aryl methyl sites for hydroxylation is 3. The van der Waals surface area contributed by atoms with Gasteiger partial charge in [0.2, 0.25) is 0 Å². The second-order valence-electron chi connectivity index (χ2n) is 13.8. The predicted molar refractivity (Wildman–Crippen MR) is 227 cm³/mol. The van der Waals surface area contributed by atoms with Gasteiger partial charge in [0, 0.05) is 0 Å². The molecular weight excluding hydrogens is 618 g/mol. The molecule has 0 aliphatic rings. The largest absolute Gasteiger partial charge is 0.195 e. The minimum Gasteiger partial charge on any atom is -0.195 e. The SMILES string of the molecule is Cc1cccc(-c2ccc([B-](c3ccccc3)(c3ccccc3)c3ccccc3)c(-c3cccc(C)c3C)c2-c2cccc(C)c2C)c1C.[PH4+]. The monoisotopic (exact) mass is 666 g/mol. The Morgan fingerprint density at radius 2 is 0.660 bits per heavy atom. The molecule has 0 N–H and O–H groups in total. The second kappa shape index (κ2) is 14.5. The average Bonchev–Trinajstić information content (AvgIpc) is 3.13. The van der Waals surface area contributed by atoms with Crippen molar-refractivity contribution in [2.45, 2.75) is 41.5 Å². The van der Waals surface area contributed by atoms with Crippen LogP contribution in [0.25, 0.3) is 33.4 Å². The molecule has 50 heavy (non-hydrogen) atoms. The molecule has 0 aliphatic carbocycles. The third-order valence-electron chi connectivity index (χ3n) is 11.2. The summed E-state index contributed by atoms with van der Waals surface area (Å²) >= 11 is 0. The molecule has 0 aliphatic heterocycles. The fourth-order valence-corrected chi connectivity index (χ4v) is 8.20. The molecule has 0 fully saturated rings. The summed E-state index contributed by atoms with van der Waals surface area (Å²) in [6.45, 7) is 13.6. The van der Waals surface area contributed by atoms with E-state index in [-0.39, 0.29) is 9.90 Å². The Kier molecular flexibility index (Phi) is 10.1. The maximum Gasteiger partial charge on any atom is 0.108 e. The topological polar surface area (TPSA) is 0 Å². The Balaban J connectivity index is 0.00000432. The van der Waals surface area contributed by atoms with E-state index in [4.69, 9.17) is 0 Å². The van der Waals surface area contributed by atoms with E-state index in [1.165, 1.54) is 88.6 Å². The summed E-state index contributed by atoms with van der Waals surface area (Å²) in [5.74, 6) is 0. The Bertz CT molecular complexity index is 2170. The van der Waals surface area contributed by atoms with E-state index < -0.39 is 6.15 Å². The summed E-state index contributed by atoms with van der Waals surface area (Å²) in [4.78, 5) is 0. The third-order valence-corrected chi connectivity index (χ3v) is 11.2. The van der Waals surface area contributed by atoms with Gasteiger partial charge in [-0.15, -0.1) is 0 Å². The second-order valence-corrected chi connectivity index (χ2v) is 13.8. The third kappa shape index (κ3) is 5.85. The summed E-state index contributed by atoms with van der Waals surface area (Å²) in [7, 11) is 0. The van der Waals surface area contributed by atoms with Gasteiger partial charge in [0.05, 0.1) is 0 Å². The molecule has 0 heterocycles. The Labute approximate surface area is 302 Å². The molecule has 0 bridgehead atoms. The molecule has 0 spiro atoms. The molecule has 0 aromatic heterocycles. The van der Waals surface area contributed by atoms with Crippen LogP contribution in [0.1, 0.15) is 33.4 Å².